The van der Waals surface area contributed by atoms with E-state index >= 15 is 0 Å². The van der Waals surface area contributed by atoms with Crippen molar-refractivity contribution < 1.29 is 29.4 Å². The van der Waals surface area contributed by atoms with Crippen molar-refractivity contribution in [3.05, 3.63) is 325 Å². The van der Waals surface area contributed by atoms with E-state index in [0.29, 0.717) is 26.5 Å². The third-order valence-corrected chi connectivity index (χ3v) is 15.1. The molecule has 14 nitrogen and oxygen atoms in total. The molecule has 0 saturated carbocycles. The fourth-order valence-electron chi connectivity index (χ4n) is 10.9. The lowest BCUT2D eigenvalue weighted by molar-refractivity contribution is -0.384. The predicted octanol–water partition coefficient (Wildman–Crippen LogP) is 14.9. The standard InChI is InChI=1S/C35H29N3O3.C26H18BrN3O2.C9H13BO3/c1-25(2)41-31-21-18-26(19-22-31)34-32-24-30(38(39)40)20-23-33(32)37(36-34)35(27-12-6-3-7-13-27,28-14-8-4-9-15-28)29-16-10-5-11-17-29;27-25-23-18-22(30(31)32)16-17-24(23)29(28-25)26(19-10-4-1-5-11-19,20-12-6-2-7-13-20)21-14-8-3-9-15-21;1-7(2)13-9-5-3-8(4-6-9)10(11)12/h3-25H,1-2H3;1-18H;3-7,11-12H,1-2H3. The molecule has 12 rings (SSSR count). The highest BCUT2D eigenvalue weighted by molar-refractivity contribution is 9.10. The molecule has 0 atom stereocenters. The van der Waals surface area contributed by atoms with E-state index in [-0.39, 0.29) is 33.4 Å². The molecular formula is C70H60BBrN6O8. The number of rotatable bonds is 16. The van der Waals surface area contributed by atoms with Gasteiger partial charge in [-0.2, -0.15) is 10.2 Å². The molecule has 0 spiro atoms. The molecule has 0 radical (unpaired) electrons. The second-order valence-electron chi connectivity index (χ2n) is 20.8. The summed E-state index contributed by atoms with van der Waals surface area (Å²) in [6.45, 7) is 7.85. The molecule has 0 fully saturated rings. The summed E-state index contributed by atoms with van der Waals surface area (Å²) in [6.07, 6.45) is 0.177. The van der Waals surface area contributed by atoms with E-state index in [0.717, 1.165) is 61.5 Å². The Balaban J connectivity index is 0.000000161. The van der Waals surface area contributed by atoms with Gasteiger partial charge in [-0.1, -0.05) is 194 Å². The average molecular weight is 1200 g/mol. The number of hydrogen-bond acceptors (Lipinski definition) is 10. The smallest absolute Gasteiger partial charge is 0.488 e. The quantitative estimate of drug-likeness (QED) is 0.0409. The van der Waals surface area contributed by atoms with Crippen LogP contribution in [0.4, 0.5) is 11.4 Å². The molecule has 0 aliphatic heterocycles. The van der Waals surface area contributed by atoms with Gasteiger partial charge in [-0.25, -0.2) is 9.36 Å². The Bertz CT molecular complexity index is 4020. The summed E-state index contributed by atoms with van der Waals surface area (Å²) in [5.74, 6) is 1.49. The van der Waals surface area contributed by atoms with E-state index in [9.17, 15) is 20.2 Å². The van der Waals surface area contributed by atoms with Crippen molar-refractivity contribution in [2.45, 2.75) is 51.0 Å². The van der Waals surface area contributed by atoms with Crippen LogP contribution in [0, 0.1) is 20.2 Å². The number of nitro groups is 2. The topological polar surface area (TPSA) is 181 Å². The highest BCUT2D eigenvalue weighted by Gasteiger charge is 2.43. The van der Waals surface area contributed by atoms with Gasteiger partial charge in [-0.15, -0.1) is 0 Å². The molecule has 12 aromatic rings. The van der Waals surface area contributed by atoms with Gasteiger partial charge in [0.15, 0.2) is 0 Å². The van der Waals surface area contributed by atoms with Gasteiger partial charge in [0.2, 0.25) is 0 Å². The first-order chi connectivity index (χ1) is 41.7. The summed E-state index contributed by atoms with van der Waals surface area (Å²) < 4.78 is 15.8. The van der Waals surface area contributed by atoms with E-state index in [1.165, 1.54) is 6.07 Å². The SMILES string of the molecule is CC(C)Oc1ccc(-c2nn(C(c3ccccc3)(c3ccccc3)c3ccccc3)c3ccc([N+](=O)[O-])cc23)cc1.CC(C)Oc1ccc(B(O)O)cc1.O=[N+]([O-])c1ccc2c(c1)c(Br)nn2C(c1ccccc1)(c1ccccc1)c1ccccc1. The van der Waals surface area contributed by atoms with E-state index < -0.39 is 18.2 Å². The van der Waals surface area contributed by atoms with Gasteiger partial charge in [-0.05, 0) is 131 Å². The molecule has 0 aliphatic rings. The van der Waals surface area contributed by atoms with Crippen LogP contribution in [0.1, 0.15) is 61.1 Å². The van der Waals surface area contributed by atoms with Gasteiger partial charge in [-0.3, -0.25) is 20.2 Å². The van der Waals surface area contributed by atoms with Crippen molar-refractivity contribution in [3.8, 4) is 22.8 Å². The molecule has 0 saturated heterocycles. The van der Waals surface area contributed by atoms with Crippen LogP contribution in [0.3, 0.4) is 0 Å². The molecule has 0 aliphatic carbocycles. The minimum absolute atomic E-state index is 0.0165. The molecule has 2 heterocycles. The van der Waals surface area contributed by atoms with E-state index in [2.05, 4.69) is 88.7 Å². The molecule has 0 bridgehead atoms. The minimum Gasteiger partial charge on any atom is -0.491 e. The zero-order chi connectivity index (χ0) is 60.4. The fourth-order valence-corrected chi connectivity index (χ4v) is 11.4. The van der Waals surface area contributed by atoms with Crippen molar-refractivity contribution in [2.24, 2.45) is 0 Å². The maximum Gasteiger partial charge on any atom is 0.488 e. The van der Waals surface area contributed by atoms with Gasteiger partial charge in [0.1, 0.15) is 32.9 Å². The minimum atomic E-state index is -1.41. The van der Waals surface area contributed by atoms with E-state index in [1.807, 2.05) is 177 Å². The van der Waals surface area contributed by atoms with Crippen LogP contribution < -0.4 is 14.9 Å². The first-order valence-corrected chi connectivity index (χ1v) is 28.7. The number of nitro benzene ring substituents is 2. The number of non-ortho nitro benzene ring substituents is 2. The van der Waals surface area contributed by atoms with Crippen LogP contribution in [-0.4, -0.2) is 58.8 Å². The van der Waals surface area contributed by atoms with Gasteiger partial charge in [0.25, 0.3) is 11.4 Å². The van der Waals surface area contributed by atoms with E-state index in [1.54, 1.807) is 48.5 Å². The van der Waals surface area contributed by atoms with Gasteiger partial charge in [0.05, 0.1) is 33.1 Å². The lowest BCUT2D eigenvalue weighted by atomic mass is 9.77. The summed E-state index contributed by atoms with van der Waals surface area (Å²) in [7, 11) is -1.41. The summed E-state index contributed by atoms with van der Waals surface area (Å²) in [5, 5.41) is 52.5. The van der Waals surface area contributed by atoms with Crippen molar-refractivity contribution in [3.63, 3.8) is 0 Å². The molecule has 10 aromatic carbocycles. The third-order valence-electron chi connectivity index (χ3n) is 14.5. The molecule has 428 valence electrons. The van der Waals surface area contributed by atoms with Gasteiger partial charge < -0.3 is 19.5 Å². The number of ether oxygens (including phenoxy) is 2. The van der Waals surface area contributed by atoms with Gasteiger partial charge in [0, 0.05) is 40.6 Å². The Morgan fingerprint density at radius 3 is 1.08 bits per heavy atom. The number of hydrogen-bond donors (Lipinski definition) is 2. The second kappa shape index (κ2) is 26.3. The highest BCUT2D eigenvalue weighted by atomic mass is 79.9. The summed E-state index contributed by atoms with van der Waals surface area (Å²) in [5.41, 5.74) is 8.10. The number of halogens is 1. The number of benzene rings is 10. The Kier molecular flexibility index (Phi) is 18.1. The van der Waals surface area contributed by atoms with Crippen LogP contribution in [0.25, 0.3) is 33.1 Å². The summed E-state index contributed by atoms with van der Waals surface area (Å²) in [4.78, 5) is 22.5. The molecule has 16 heteroatoms. The summed E-state index contributed by atoms with van der Waals surface area (Å²) >= 11 is 3.56. The van der Waals surface area contributed by atoms with Crippen molar-refractivity contribution in [1.29, 1.82) is 0 Å². The number of nitrogens with zero attached hydrogens (tertiary/aromatic N) is 6. The van der Waals surface area contributed by atoms with E-state index in [4.69, 9.17) is 29.7 Å². The first-order valence-electron chi connectivity index (χ1n) is 27.9. The monoisotopic (exact) mass is 1200 g/mol. The lowest BCUT2D eigenvalue weighted by Gasteiger charge is -2.37. The lowest BCUT2D eigenvalue weighted by Crippen LogP contribution is -2.38. The van der Waals surface area contributed by atoms with Crippen LogP contribution in [0.15, 0.2) is 272 Å². The Morgan fingerprint density at radius 1 is 0.442 bits per heavy atom. The van der Waals surface area contributed by atoms with Crippen LogP contribution in [-0.2, 0) is 11.1 Å². The van der Waals surface area contributed by atoms with Crippen LogP contribution in [0.5, 0.6) is 11.5 Å². The Hall–Kier alpha value is -10.00. The van der Waals surface area contributed by atoms with Crippen LogP contribution in [0.2, 0.25) is 0 Å². The second-order valence-corrected chi connectivity index (χ2v) is 21.5. The maximum absolute atomic E-state index is 11.9. The molecule has 2 aromatic heterocycles. The number of fused-ring (bicyclic) bond motifs is 2. The van der Waals surface area contributed by atoms with Crippen molar-refractivity contribution in [2.75, 3.05) is 0 Å². The highest BCUT2D eigenvalue weighted by Crippen LogP contribution is 2.46. The zero-order valence-electron chi connectivity index (χ0n) is 47.5. The van der Waals surface area contributed by atoms with Gasteiger partial charge >= 0.3 is 7.12 Å². The summed E-state index contributed by atoms with van der Waals surface area (Å²) in [6, 6.07) is 85.7. The molecule has 2 N–H and O–H groups in total. The van der Waals surface area contributed by atoms with Crippen LogP contribution >= 0.6 is 15.9 Å². The largest absolute Gasteiger partial charge is 0.491 e. The zero-order valence-corrected chi connectivity index (χ0v) is 49.1. The molecule has 0 amide bonds. The predicted molar refractivity (Wildman–Crippen MR) is 343 cm³/mol. The number of aromatic nitrogens is 4. The Labute approximate surface area is 506 Å². The first kappa shape index (κ1) is 59.2. The average Bonchev–Trinajstić information content (AvgIpc) is 1.49. The molecular weight excluding hydrogens is 1140 g/mol. The normalized spacial score (nSPS) is 11.4. The van der Waals surface area contributed by atoms with Crippen molar-refractivity contribution >= 4 is 61.7 Å². The third kappa shape index (κ3) is 12.2. The molecule has 86 heavy (non-hydrogen) atoms. The van der Waals surface area contributed by atoms with Crippen molar-refractivity contribution in [1.82, 2.24) is 19.6 Å². The fraction of sp³-hybridized carbons (Fsp3) is 0.114. The molecule has 0 unspecified atom stereocenters. The Morgan fingerprint density at radius 2 is 0.756 bits per heavy atom. The maximum atomic E-state index is 11.9.